The summed E-state index contributed by atoms with van der Waals surface area (Å²) in [4.78, 5) is 14.9. The molecule has 1 aromatic carbocycles. The fourth-order valence-corrected chi connectivity index (χ4v) is 5.97. The van der Waals surface area contributed by atoms with Crippen molar-refractivity contribution in [1.82, 2.24) is 19.9 Å². The number of allylic oxidation sites excluding steroid dienone is 1. The molecule has 0 saturated heterocycles. The number of aryl methyl sites for hydroxylation is 1. The van der Waals surface area contributed by atoms with E-state index in [1.54, 1.807) is 11.3 Å². The van der Waals surface area contributed by atoms with Gasteiger partial charge in [0.25, 0.3) is 0 Å². The molecule has 158 valence electrons. The Hall–Kier alpha value is -2.02. The highest BCUT2D eigenvalue weighted by molar-refractivity contribution is 7.10. The number of nitrogens with zero attached hydrogens (tertiary/aromatic N) is 3. The fourth-order valence-electron chi connectivity index (χ4n) is 5.22. The molecule has 0 aliphatic heterocycles. The Labute approximate surface area is 181 Å². The van der Waals surface area contributed by atoms with Crippen LogP contribution in [0.15, 0.2) is 41.9 Å². The van der Waals surface area contributed by atoms with Gasteiger partial charge in [-0.05, 0) is 69.3 Å². The molecule has 1 fully saturated rings. The summed E-state index contributed by atoms with van der Waals surface area (Å²) in [6.45, 7) is 1.95. The first kappa shape index (κ1) is 19.9. The number of fused-ring (bicyclic) bond motifs is 3. The van der Waals surface area contributed by atoms with Crippen molar-refractivity contribution in [3.05, 3.63) is 52.8 Å². The van der Waals surface area contributed by atoms with Crippen molar-refractivity contribution in [3.63, 3.8) is 0 Å². The van der Waals surface area contributed by atoms with Crippen molar-refractivity contribution in [2.45, 2.75) is 44.1 Å². The Balaban J connectivity index is 1.12. The predicted octanol–water partition coefficient (Wildman–Crippen LogP) is 4.52. The number of imidazole rings is 1. The van der Waals surface area contributed by atoms with Crippen molar-refractivity contribution in [2.24, 2.45) is 11.8 Å². The van der Waals surface area contributed by atoms with Gasteiger partial charge in [-0.3, -0.25) is 0 Å². The highest BCUT2D eigenvalue weighted by atomic mass is 32.1. The van der Waals surface area contributed by atoms with E-state index >= 15 is 0 Å². The number of aromatic nitrogens is 3. The molecule has 0 unspecified atom stereocenters. The average molecular weight is 423 g/mol. The number of hydrogen-bond donors (Lipinski definition) is 2. The van der Waals surface area contributed by atoms with Crippen LogP contribution in [0.5, 0.6) is 0 Å². The van der Waals surface area contributed by atoms with Crippen LogP contribution in [0.1, 0.15) is 42.9 Å². The zero-order valence-electron chi connectivity index (χ0n) is 17.6. The van der Waals surface area contributed by atoms with E-state index in [0.717, 1.165) is 67.1 Å². The van der Waals surface area contributed by atoms with Gasteiger partial charge < -0.3 is 15.0 Å². The summed E-state index contributed by atoms with van der Waals surface area (Å²) in [6, 6.07) is 8.19. The monoisotopic (exact) mass is 422 g/mol. The lowest BCUT2D eigenvalue weighted by atomic mass is 9.62. The summed E-state index contributed by atoms with van der Waals surface area (Å²) in [6.07, 6.45) is 10.3. The molecule has 6 heteroatoms. The molecule has 1 saturated carbocycles. The molecule has 3 aromatic rings. The van der Waals surface area contributed by atoms with Gasteiger partial charge in [0.05, 0.1) is 16.6 Å². The van der Waals surface area contributed by atoms with E-state index in [4.69, 9.17) is 0 Å². The SMILES string of the molecule is CN(CCCc1nc2ccccc2[nH]1)CC[C@]1(O)C[C@H]2CC[C@H]1C=C2c1nccs1. The highest BCUT2D eigenvalue weighted by Gasteiger charge is 2.46. The van der Waals surface area contributed by atoms with Crippen LogP contribution >= 0.6 is 11.3 Å². The van der Waals surface area contributed by atoms with Crippen LogP contribution in [0.4, 0.5) is 0 Å². The Morgan fingerprint density at radius 1 is 1.27 bits per heavy atom. The van der Waals surface area contributed by atoms with E-state index in [-0.39, 0.29) is 5.92 Å². The van der Waals surface area contributed by atoms with E-state index in [9.17, 15) is 5.11 Å². The van der Waals surface area contributed by atoms with E-state index in [1.807, 2.05) is 23.7 Å². The van der Waals surface area contributed by atoms with Crippen LogP contribution < -0.4 is 0 Å². The molecular formula is C24H30N4OS. The molecule has 2 bridgehead atoms. The number of nitrogens with one attached hydrogen (secondary N) is 1. The Kier molecular flexibility index (Phi) is 5.48. The smallest absolute Gasteiger partial charge is 0.119 e. The largest absolute Gasteiger partial charge is 0.389 e. The number of rotatable bonds is 8. The molecule has 2 N–H and O–H groups in total. The molecule has 0 spiro atoms. The normalized spacial score (nSPS) is 25.9. The molecule has 30 heavy (non-hydrogen) atoms. The van der Waals surface area contributed by atoms with E-state index in [0.29, 0.717) is 5.92 Å². The maximum Gasteiger partial charge on any atom is 0.119 e. The summed E-state index contributed by atoms with van der Waals surface area (Å²) in [7, 11) is 2.17. The third-order valence-corrected chi connectivity index (χ3v) is 7.76. The van der Waals surface area contributed by atoms with Gasteiger partial charge in [-0.2, -0.15) is 0 Å². The number of aromatic amines is 1. The minimum absolute atomic E-state index is 0.269. The molecule has 3 aliphatic rings. The second-order valence-corrected chi connectivity index (χ2v) is 9.90. The zero-order valence-corrected chi connectivity index (χ0v) is 18.4. The fraction of sp³-hybridized carbons (Fsp3) is 0.500. The van der Waals surface area contributed by atoms with Gasteiger partial charge in [0.2, 0.25) is 0 Å². The van der Waals surface area contributed by atoms with Gasteiger partial charge in [0.15, 0.2) is 0 Å². The Morgan fingerprint density at radius 3 is 2.93 bits per heavy atom. The lowest BCUT2D eigenvalue weighted by Gasteiger charge is -2.47. The summed E-state index contributed by atoms with van der Waals surface area (Å²) in [5, 5.41) is 14.6. The van der Waals surface area contributed by atoms with Crippen molar-refractivity contribution in [2.75, 3.05) is 20.1 Å². The first-order chi connectivity index (χ1) is 14.6. The predicted molar refractivity (Wildman–Crippen MR) is 122 cm³/mol. The molecule has 6 rings (SSSR count). The van der Waals surface area contributed by atoms with Gasteiger partial charge in [0.1, 0.15) is 10.8 Å². The Morgan fingerprint density at radius 2 is 2.17 bits per heavy atom. The van der Waals surface area contributed by atoms with Gasteiger partial charge in [0, 0.05) is 30.5 Å². The second-order valence-electron chi connectivity index (χ2n) is 9.01. The van der Waals surface area contributed by atoms with Crippen LogP contribution in [-0.2, 0) is 6.42 Å². The summed E-state index contributed by atoms with van der Waals surface area (Å²) in [5.74, 6) is 1.79. The highest BCUT2D eigenvalue weighted by Crippen LogP contribution is 2.51. The Bertz CT molecular complexity index is 994. The van der Waals surface area contributed by atoms with E-state index in [2.05, 4.69) is 45.1 Å². The third kappa shape index (κ3) is 3.96. The van der Waals surface area contributed by atoms with Gasteiger partial charge in [-0.1, -0.05) is 18.2 Å². The number of H-pyrrole nitrogens is 1. The average Bonchev–Trinajstić information content (AvgIpc) is 3.42. The molecule has 0 amide bonds. The molecule has 3 aliphatic carbocycles. The van der Waals surface area contributed by atoms with Crippen LogP contribution in [0.2, 0.25) is 0 Å². The van der Waals surface area contributed by atoms with Crippen LogP contribution in [0, 0.1) is 11.8 Å². The number of hydrogen-bond acceptors (Lipinski definition) is 5. The third-order valence-electron chi connectivity index (χ3n) is 6.93. The topological polar surface area (TPSA) is 65.0 Å². The summed E-state index contributed by atoms with van der Waals surface area (Å²) < 4.78 is 0. The van der Waals surface area contributed by atoms with Gasteiger partial charge >= 0.3 is 0 Å². The van der Waals surface area contributed by atoms with Gasteiger partial charge in [-0.25, -0.2) is 9.97 Å². The minimum Gasteiger partial charge on any atom is -0.389 e. The quantitative estimate of drug-likeness (QED) is 0.560. The van der Waals surface area contributed by atoms with Crippen molar-refractivity contribution >= 4 is 27.9 Å². The lowest BCUT2D eigenvalue weighted by molar-refractivity contribution is -0.0574. The molecule has 3 atom stereocenters. The van der Waals surface area contributed by atoms with Gasteiger partial charge in [-0.15, -0.1) is 11.3 Å². The van der Waals surface area contributed by atoms with Crippen LogP contribution in [0.3, 0.4) is 0 Å². The van der Waals surface area contributed by atoms with E-state index in [1.165, 1.54) is 12.0 Å². The molecule has 5 nitrogen and oxygen atoms in total. The minimum atomic E-state index is -0.559. The molecule has 2 aromatic heterocycles. The molecule has 2 heterocycles. The zero-order chi connectivity index (χ0) is 20.6. The second kappa shape index (κ2) is 8.25. The summed E-state index contributed by atoms with van der Waals surface area (Å²) in [5.41, 5.74) is 2.97. The standard InChI is InChI=1S/C24H30N4OS/c1-28(12-4-7-22-26-20-5-2-3-6-21(20)27-22)13-10-24(29)16-17-8-9-18(24)15-19(17)23-25-11-14-30-23/h2-3,5-6,11,14-15,17-18,29H,4,7-10,12-13,16H2,1H3,(H,26,27)/t17-,18+,24+/m1/s1. The van der Waals surface area contributed by atoms with Crippen LogP contribution in [0.25, 0.3) is 16.6 Å². The maximum atomic E-state index is 11.4. The van der Waals surface area contributed by atoms with Crippen LogP contribution in [-0.4, -0.2) is 50.7 Å². The molecule has 0 radical (unpaired) electrons. The number of aliphatic hydroxyl groups is 1. The number of benzene rings is 1. The first-order valence-electron chi connectivity index (χ1n) is 11.1. The van der Waals surface area contributed by atoms with Crippen molar-refractivity contribution in [3.8, 4) is 0 Å². The first-order valence-corrected chi connectivity index (χ1v) is 11.9. The number of para-hydroxylation sites is 2. The maximum absolute atomic E-state index is 11.4. The van der Waals surface area contributed by atoms with E-state index < -0.39 is 5.60 Å². The number of thiazole rings is 1. The summed E-state index contributed by atoms with van der Waals surface area (Å²) >= 11 is 1.72. The van der Waals surface area contributed by atoms with Crippen molar-refractivity contribution in [1.29, 1.82) is 0 Å². The molecular weight excluding hydrogens is 392 g/mol. The van der Waals surface area contributed by atoms with Crippen molar-refractivity contribution < 1.29 is 5.11 Å². The lowest BCUT2D eigenvalue weighted by Crippen LogP contribution is -2.48.